The molecular weight excluding hydrogens is 415 g/mol. The van der Waals surface area contributed by atoms with Gasteiger partial charge in [-0.2, -0.15) is 0 Å². The number of hydrogen-bond donors (Lipinski definition) is 1. The Hall–Kier alpha value is -2.87. The van der Waals surface area contributed by atoms with Crippen LogP contribution in [0.4, 0.5) is 4.39 Å². The normalized spacial score (nSPS) is 11.0. The molecule has 0 atom stereocenters. The minimum atomic E-state index is -0.391. The van der Waals surface area contributed by atoms with E-state index in [-0.39, 0.29) is 11.7 Å². The Bertz CT molecular complexity index is 1010. The molecule has 31 heavy (non-hydrogen) atoms. The third-order valence-electron chi connectivity index (χ3n) is 4.53. The molecule has 0 aliphatic rings. The number of hydrogen-bond acceptors (Lipinski definition) is 5. The minimum Gasteiger partial charge on any atom is -0.494 e. The molecule has 164 valence electrons. The number of para-hydroxylation sites is 1. The average Bonchev–Trinajstić information content (AvgIpc) is 3.17. The van der Waals surface area contributed by atoms with E-state index in [1.165, 1.54) is 17.8 Å². The third-order valence-corrected chi connectivity index (χ3v) is 5.46. The van der Waals surface area contributed by atoms with Gasteiger partial charge < -0.3 is 10.1 Å². The molecule has 0 saturated heterocycles. The fraction of sp³-hybridized carbons (Fsp3) is 0.348. The summed E-state index contributed by atoms with van der Waals surface area (Å²) in [6, 6.07) is 13.9. The lowest BCUT2D eigenvalue weighted by molar-refractivity contribution is -0.118. The van der Waals surface area contributed by atoms with Gasteiger partial charge in [-0.05, 0) is 55.7 Å². The molecule has 0 spiro atoms. The van der Waals surface area contributed by atoms with E-state index in [2.05, 4.69) is 29.4 Å². The molecule has 0 unspecified atom stereocenters. The molecule has 0 aliphatic heterocycles. The fourth-order valence-corrected chi connectivity index (χ4v) is 3.72. The van der Waals surface area contributed by atoms with Crippen molar-refractivity contribution in [2.24, 2.45) is 5.92 Å². The Labute approximate surface area is 186 Å². The molecule has 0 saturated carbocycles. The predicted molar refractivity (Wildman–Crippen MR) is 121 cm³/mol. The van der Waals surface area contributed by atoms with Crippen molar-refractivity contribution in [3.63, 3.8) is 0 Å². The van der Waals surface area contributed by atoms with Gasteiger partial charge in [-0.25, -0.2) is 4.39 Å². The summed E-state index contributed by atoms with van der Waals surface area (Å²) in [6.45, 7) is 7.35. The Morgan fingerprint density at radius 1 is 1.16 bits per heavy atom. The van der Waals surface area contributed by atoms with E-state index in [1.807, 2.05) is 31.2 Å². The quantitative estimate of drug-likeness (QED) is 0.460. The number of nitrogens with zero attached hydrogens (tertiary/aromatic N) is 3. The van der Waals surface area contributed by atoms with Gasteiger partial charge in [0.15, 0.2) is 11.0 Å². The molecule has 0 radical (unpaired) electrons. The summed E-state index contributed by atoms with van der Waals surface area (Å²) in [4.78, 5) is 12.2. The van der Waals surface area contributed by atoms with E-state index in [4.69, 9.17) is 4.74 Å². The van der Waals surface area contributed by atoms with Gasteiger partial charge >= 0.3 is 0 Å². The number of amides is 1. The van der Waals surface area contributed by atoms with Crippen LogP contribution >= 0.6 is 11.8 Å². The summed E-state index contributed by atoms with van der Waals surface area (Å²) in [5.74, 6) is 1.46. The monoisotopic (exact) mass is 442 g/mol. The van der Waals surface area contributed by atoms with Crippen LogP contribution in [0.2, 0.25) is 0 Å². The number of halogens is 1. The highest BCUT2D eigenvalue weighted by Gasteiger charge is 2.19. The Morgan fingerprint density at radius 2 is 1.90 bits per heavy atom. The number of carbonyl (C=O) groups excluding carboxylic acids is 1. The van der Waals surface area contributed by atoms with Gasteiger partial charge in [0.25, 0.3) is 0 Å². The lowest BCUT2D eigenvalue weighted by atomic mass is 10.1. The number of thioether (sulfide) groups is 1. The van der Waals surface area contributed by atoms with Gasteiger partial charge in [-0.1, -0.05) is 37.7 Å². The van der Waals surface area contributed by atoms with E-state index < -0.39 is 5.82 Å². The molecule has 1 heterocycles. The van der Waals surface area contributed by atoms with Crippen LogP contribution in [-0.4, -0.2) is 39.6 Å². The highest BCUT2D eigenvalue weighted by molar-refractivity contribution is 7.99. The molecule has 3 rings (SSSR count). The predicted octanol–water partition coefficient (Wildman–Crippen LogP) is 4.73. The van der Waals surface area contributed by atoms with Crippen molar-refractivity contribution < 1.29 is 13.9 Å². The molecule has 1 N–H and O–H groups in total. The molecule has 0 fully saturated rings. The maximum absolute atomic E-state index is 14.6. The van der Waals surface area contributed by atoms with Crippen molar-refractivity contribution in [1.82, 2.24) is 20.1 Å². The SMILES string of the molecule is CCOc1ccc(-c2nnc(SCC(=O)NCCC(C)C)n2-c2ccccc2F)cc1. The molecule has 1 aromatic heterocycles. The summed E-state index contributed by atoms with van der Waals surface area (Å²) < 4.78 is 21.8. The largest absolute Gasteiger partial charge is 0.494 e. The van der Waals surface area contributed by atoms with Crippen LogP contribution < -0.4 is 10.1 Å². The summed E-state index contributed by atoms with van der Waals surface area (Å²) in [7, 11) is 0. The van der Waals surface area contributed by atoms with Crippen LogP contribution in [0.15, 0.2) is 53.7 Å². The van der Waals surface area contributed by atoms with Gasteiger partial charge in [0, 0.05) is 12.1 Å². The van der Waals surface area contributed by atoms with Crippen LogP contribution in [0.5, 0.6) is 5.75 Å². The maximum atomic E-state index is 14.6. The van der Waals surface area contributed by atoms with Gasteiger partial charge in [0.2, 0.25) is 5.91 Å². The highest BCUT2D eigenvalue weighted by Crippen LogP contribution is 2.30. The molecule has 1 amide bonds. The highest BCUT2D eigenvalue weighted by atomic mass is 32.2. The van der Waals surface area contributed by atoms with E-state index >= 15 is 0 Å². The van der Waals surface area contributed by atoms with Gasteiger partial charge in [-0.3, -0.25) is 9.36 Å². The van der Waals surface area contributed by atoms with Crippen LogP contribution in [0.1, 0.15) is 27.2 Å². The molecule has 8 heteroatoms. The summed E-state index contributed by atoms with van der Waals surface area (Å²) in [5, 5.41) is 11.9. The molecular formula is C23H27FN4O2S. The van der Waals surface area contributed by atoms with Crippen molar-refractivity contribution in [3.8, 4) is 22.8 Å². The minimum absolute atomic E-state index is 0.0867. The van der Waals surface area contributed by atoms with Gasteiger partial charge in [-0.15, -0.1) is 10.2 Å². The number of nitrogens with one attached hydrogen (secondary N) is 1. The lowest BCUT2D eigenvalue weighted by Gasteiger charge is -2.12. The van der Waals surface area contributed by atoms with Gasteiger partial charge in [0.1, 0.15) is 11.6 Å². The van der Waals surface area contributed by atoms with E-state index in [9.17, 15) is 9.18 Å². The standard InChI is InChI=1S/C23H27FN4O2S/c1-4-30-18-11-9-17(10-12-18)22-26-27-23(28(22)20-8-6-5-7-19(20)24)31-15-21(29)25-14-13-16(2)3/h5-12,16H,4,13-15H2,1-3H3,(H,25,29). The van der Waals surface area contributed by atoms with Crippen LogP contribution in [0.25, 0.3) is 17.1 Å². The second-order valence-corrected chi connectivity index (χ2v) is 8.31. The van der Waals surface area contributed by atoms with Gasteiger partial charge in [0.05, 0.1) is 18.0 Å². The molecule has 0 aliphatic carbocycles. The summed E-state index contributed by atoms with van der Waals surface area (Å²) in [6.07, 6.45) is 0.920. The van der Waals surface area contributed by atoms with Crippen molar-refractivity contribution >= 4 is 17.7 Å². The van der Waals surface area contributed by atoms with E-state index in [1.54, 1.807) is 22.8 Å². The average molecular weight is 443 g/mol. The Morgan fingerprint density at radius 3 is 2.58 bits per heavy atom. The maximum Gasteiger partial charge on any atom is 0.230 e. The smallest absolute Gasteiger partial charge is 0.230 e. The number of ether oxygens (including phenoxy) is 1. The fourth-order valence-electron chi connectivity index (χ4n) is 2.95. The van der Waals surface area contributed by atoms with Crippen molar-refractivity contribution in [2.75, 3.05) is 18.9 Å². The van der Waals surface area contributed by atoms with Crippen molar-refractivity contribution in [1.29, 1.82) is 0 Å². The summed E-state index contributed by atoms with van der Waals surface area (Å²) >= 11 is 1.23. The van der Waals surface area contributed by atoms with E-state index in [0.29, 0.717) is 35.7 Å². The number of rotatable bonds is 10. The second-order valence-electron chi connectivity index (χ2n) is 7.37. The lowest BCUT2D eigenvalue weighted by Crippen LogP contribution is -2.27. The molecule has 0 bridgehead atoms. The van der Waals surface area contributed by atoms with Crippen molar-refractivity contribution in [3.05, 3.63) is 54.3 Å². The second kappa shape index (κ2) is 10.9. The first kappa shape index (κ1) is 22.8. The van der Waals surface area contributed by atoms with E-state index in [0.717, 1.165) is 17.7 Å². The van der Waals surface area contributed by atoms with Crippen LogP contribution in [0, 0.1) is 11.7 Å². The zero-order valence-electron chi connectivity index (χ0n) is 18.0. The number of aromatic nitrogens is 3. The third kappa shape index (κ3) is 6.07. The first-order valence-corrected chi connectivity index (χ1v) is 11.3. The van der Waals surface area contributed by atoms with Crippen molar-refractivity contribution in [2.45, 2.75) is 32.3 Å². The molecule has 3 aromatic rings. The molecule has 6 nitrogen and oxygen atoms in total. The number of carbonyl (C=O) groups is 1. The number of benzene rings is 2. The molecule has 2 aromatic carbocycles. The Balaban J connectivity index is 1.86. The zero-order valence-corrected chi connectivity index (χ0v) is 18.8. The first-order valence-electron chi connectivity index (χ1n) is 10.3. The first-order chi connectivity index (χ1) is 15.0. The topological polar surface area (TPSA) is 69.0 Å². The summed E-state index contributed by atoms with van der Waals surface area (Å²) in [5.41, 5.74) is 1.10. The van der Waals surface area contributed by atoms with Crippen LogP contribution in [-0.2, 0) is 4.79 Å². The van der Waals surface area contributed by atoms with Crippen LogP contribution in [0.3, 0.4) is 0 Å². The zero-order chi connectivity index (χ0) is 22.2. The Kier molecular flexibility index (Phi) is 8.06.